The molecule has 2 N–H and O–H groups in total. The first-order chi connectivity index (χ1) is 13.9. The molecule has 0 amide bonds. The third-order valence-electron chi connectivity index (χ3n) is 6.37. The Labute approximate surface area is 173 Å². The summed E-state index contributed by atoms with van der Waals surface area (Å²) in [5.41, 5.74) is 4.53. The van der Waals surface area contributed by atoms with E-state index in [1.165, 1.54) is 0 Å². The van der Waals surface area contributed by atoms with Gasteiger partial charge in [0.1, 0.15) is 0 Å². The molecule has 6 heteroatoms. The van der Waals surface area contributed by atoms with Gasteiger partial charge in [-0.05, 0) is 44.9 Å². The van der Waals surface area contributed by atoms with Crippen molar-refractivity contribution in [3.05, 3.63) is 47.3 Å². The molecule has 156 valence electrons. The van der Waals surface area contributed by atoms with Gasteiger partial charge in [0.2, 0.25) is 0 Å². The lowest BCUT2D eigenvalue weighted by molar-refractivity contribution is -0.106. The van der Waals surface area contributed by atoms with Crippen LogP contribution >= 0.6 is 0 Å². The summed E-state index contributed by atoms with van der Waals surface area (Å²) in [5, 5.41) is 11.8. The molecule has 1 aliphatic carbocycles. The topological polar surface area (TPSA) is 63.5 Å². The first kappa shape index (κ1) is 20.0. The van der Waals surface area contributed by atoms with Gasteiger partial charge in [-0.1, -0.05) is 32.0 Å². The molecular weight excluding hydrogens is 362 g/mol. The van der Waals surface area contributed by atoms with Crippen LogP contribution in [-0.2, 0) is 11.3 Å². The Morgan fingerprint density at radius 3 is 2.83 bits per heavy atom. The zero-order chi connectivity index (χ0) is 20.6. The quantitative estimate of drug-likeness (QED) is 0.602. The molecular formula is C23H33N5O. The lowest BCUT2D eigenvalue weighted by Gasteiger charge is -2.54. The highest BCUT2D eigenvalue weighted by molar-refractivity contribution is 5.80. The molecule has 1 aliphatic heterocycles. The molecule has 0 bridgehead atoms. The number of hydrogen-bond donors (Lipinski definition) is 2. The van der Waals surface area contributed by atoms with Gasteiger partial charge in [-0.2, -0.15) is 5.10 Å². The zero-order valence-corrected chi connectivity index (χ0v) is 18.2. The maximum absolute atomic E-state index is 5.94. The molecule has 1 saturated carbocycles. The standard InChI is InChI=1S/C23H33N5O/c1-6-24-22(26-20-18-11-12-29-21(18)23(20,4)5)25-14-17-9-7-8-10-19(17)28-16(3)13-15(2)27-28/h7-10,13,18,20-21H,6,11-12,14H2,1-5H3,(H2,24,25,26). The van der Waals surface area contributed by atoms with E-state index in [1.54, 1.807) is 0 Å². The Hall–Kier alpha value is -2.34. The third-order valence-corrected chi connectivity index (χ3v) is 6.37. The number of rotatable bonds is 5. The van der Waals surface area contributed by atoms with Crippen molar-refractivity contribution < 1.29 is 4.74 Å². The molecule has 3 unspecified atom stereocenters. The fraction of sp³-hybridized carbons (Fsp3) is 0.565. The van der Waals surface area contributed by atoms with Gasteiger partial charge in [-0.15, -0.1) is 0 Å². The van der Waals surface area contributed by atoms with E-state index in [4.69, 9.17) is 9.73 Å². The van der Waals surface area contributed by atoms with Crippen molar-refractivity contribution in [1.82, 2.24) is 20.4 Å². The van der Waals surface area contributed by atoms with Crippen LogP contribution in [-0.4, -0.2) is 41.0 Å². The largest absolute Gasteiger partial charge is 0.377 e. The highest BCUT2D eigenvalue weighted by Crippen LogP contribution is 2.52. The Kier molecular flexibility index (Phi) is 5.38. The number of aromatic nitrogens is 2. The number of fused-ring (bicyclic) bond motifs is 1. The van der Waals surface area contributed by atoms with E-state index in [0.717, 1.165) is 48.2 Å². The van der Waals surface area contributed by atoms with Crippen LogP contribution in [0.25, 0.3) is 5.69 Å². The fourth-order valence-electron chi connectivity index (χ4n) is 4.97. The van der Waals surface area contributed by atoms with Crippen LogP contribution in [0.5, 0.6) is 0 Å². The van der Waals surface area contributed by atoms with E-state index in [-0.39, 0.29) is 5.41 Å². The highest BCUT2D eigenvalue weighted by Gasteiger charge is 2.59. The smallest absolute Gasteiger partial charge is 0.191 e. The summed E-state index contributed by atoms with van der Waals surface area (Å²) in [4.78, 5) is 4.92. The molecule has 1 aromatic heterocycles. The van der Waals surface area contributed by atoms with E-state index in [9.17, 15) is 0 Å². The number of hydrogen-bond acceptors (Lipinski definition) is 3. The molecule has 4 rings (SSSR count). The minimum Gasteiger partial charge on any atom is -0.377 e. The number of aryl methyl sites for hydroxylation is 2. The Balaban J connectivity index is 1.54. The van der Waals surface area contributed by atoms with Gasteiger partial charge in [0, 0.05) is 36.2 Å². The number of guanidine groups is 1. The van der Waals surface area contributed by atoms with Crippen LogP contribution in [0, 0.1) is 25.2 Å². The molecule has 1 saturated heterocycles. The summed E-state index contributed by atoms with van der Waals surface area (Å²) in [7, 11) is 0. The van der Waals surface area contributed by atoms with Crippen molar-refractivity contribution >= 4 is 5.96 Å². The van der Waals surface area contributed by atoms with Gasteiger partial charge in [-0.3, -0.25) is 0 Å². The number of benzene rings is 1. The number of aliphatic imine (C=N–C) groups is 1. The highest BCUT2D eigenvalue weighted by atomic mass is 16.5. The van der Waals surface area contributed by atoms with Gasteiger partial charge in [-0.25, -0.2) is 9.67 Å². The van der Waals surface area contributed by atoms with Crippen molar-refractivity contribution in [3.63, 3.8) is 0 Å². The predicted molar refractivity (Wildman–Crippen MR) is 116 cm³/mol. The molecule has 2 fully saturated rings. The molecule has 2 aliphatic rings. The van der Waals surface area contributed by atoms with E-state index in [1.807, 2.05) is 11.6 Å². The third kappa shape index (κ3) is 3.66. The van der Waals surface area contributed by atoms with Gasteiger partial charge < -0.3 is 15.4 Å². The summed E-state index contributed by atoms with van der Waals surface area (Å²) in [5.74, 6) is 1.45. The summed E-state index contributed by atoms with van der Waals surface area (Å²) in [6.07, 6.45) is 1.50. The molecule has 2 aromatic rings. The van der Waals surface area contributed by atoms with Gasteiger partial charge >= 0.3 is 0 Å². The van der Waals surface area contributed by atoms with Crippen LogP contribution in [0.2, 0.25) is 0 Å². The van der Waals surface area contributed by atoms with Crippen molar-refractivity contribution in [2.24, 2.45) is 16.3 Å². The summed E-state index contributed by atoms with van der Waals surface area (Å²) in [6.45, 7) is 13.1. The van der Waals surface area contributed by atoms with Crippen LogP contribution in [0.1, 0.15) is 44.1 Å². The van der Waals surface area contributed by atoms with E-state index in [2.05, 4.69) is 73.8 Å². The van der Waals surface area contributed by atoms with Crippen LogP contribution < -0.4 is 10.6 Å². The van der Waals surface area contributed by atoms with Crippen LogP contribution in [0.3, 0.4) is 0 Å². The molecule has 29 heavy (non-hydrogen) atoms. The minimum absolute atomic E-state index is 0.124. The SMILES string of the molecule is CCNC(=NCc1ccccc1-n1nc(C)cc1C)NC1C2CCOC2C1(C)C. The molecule has 1 aromatic carbocycles. The minimum atomic E-state index is 0.124. The number of nitrogens with zero attached hydrogens (tertiary/aromatic N) is 3. The molecule has 0 radical (unpaired) electrons. The van der Waals surface area contributed by atoms with Crippen molar-refractivity contribution in [2.75, 3.05) is 13.2 Å². The first-order valence-corrected chi connectivity index (χ1v) is 10.7. The van der Waals surface area contributed by atoms with Crippen LogP contribution in [0.15, 0.2) is 35.3 Å². The lowest BCUT2D eigenvalue weighted by atomic mass is 9.57. The van der Waals surface area contributed by atoms with Gasteiger partial charge in [0.25, 0.3) is 0 Å². The Morgan fingerprint density at radius 2 is 2.10 bits per heavy atom. The first-order valence-electron chi connectivity index (χ1n) is 10.7. The molecule has 2 heterocycles. The van der Waals surface area contributed by atoms with Crippen LogP contribution in [0.4, 0.5) is 0 Å². The monoisotopic (exact) mass is 395 g/mol. The molecule has 6 nitrogen and oxygen atoms in total. The maximum Gasteiger partial charge on any atom is 0.191 e. The molecule has 3 atom stereocenters. The summed E-state index contributed by atoms with van der Waals surface area (Å²) in [6, 6.07) is 10.9. The van der Waals surface area contributed by atoms with Gasteiger partial charge in [0.15, 0.2) is 5.96 Å². The second kappa shape index (κ2) is 7.82. The second-order valence-corrected chi connectivity index (χ2v) is 8.85. The predicted octanol–water partition coefficient (Wildman–Crippen LogP) is 3.36. The second-order valence-electron chi connectivity index (χ2n) is 8.85. The average molecular weight is 396 g/mol. The average Bonchev–Trinajstić information content (AvgIpc) is 3.29. The lowest BCUT2D eigenvalue weighted by Crippen LogP contribution is -2.67. The summed E-state index contributed by atoms with van der Waals surface area (Å²) < 4.78 is 7.95. The van der Waals surface area contributed by atoms with Crippen molar-refractivity contribution in [1.29, 1.82) is 0 Å². The van der Waals surface area contributed by atoms with Gasteiger partial charge in [0.05, 0.1) is 24.0 Å². The normalized spacial score (nSPS) is 25.4. The zero-order valence-electron chi connectivity index (χ0n) is 18.2. The van der Waals surface area contributed by atoms with E-state index in [0.29, 0.717) is 24.6 Å². The van der Waals surface area contributed by atoms with Crippen molar-refractivity contribution in [2.45, 2.75) is 59.7 Å². The van der Waals surface area contributed by atoms with E-state index >= 15 is 0 Å². The maximum atomic E-state index is 5.94. The Morgan fingerprint density at radius 1 is 1.31 bits per heavy atom. The fourth-order valence-corrected chi connectivity index (χ4v) is 4.97. The van der Waals surface area contributed by atoms with E-state index < -0.39 is 0 Å². The van der Waals surface area contributed by atoms with Crippen molar-refractivity contribution in [3.8, 4) is 5.69 Å². The summed E-state index contributed by atoms with van der Waals surface area (Å²) >= 11 is 0. The number of nitrogens with one attached hydrogen (secondary N) is 2. The number of para-hydroxylation sites is 1. The molecule has 0 spiro atoms. The Bertz CT molecular complexity index is 900. The number of ether oxygens (including phenoxy) is 1.